The number of amides is 1. The Hall–Kier alpha value is -2.36. The van der Waals surface area contributed by atoms with Crippen LogP contribution in [0.4, 0.5) is 5.82 Å². The van der Waals surface area contributed by atoms with Crippen molar-refractivity contribution in [1.29, 1.82) is 0 Å². The van der Waals surface area contributed by atoms with Crippen LogP contribution >= 0.6 is 0 Å². The van der Waals surface area contributed by atoms with E-state index >= 15 is 0 Å². The molecule has 1 N–H and O–H groups in total. The summed E-state index contributed by atoms with van der Waals surface area (Å²) < 4.78 is 0. The summed E-state index contributed by atoms with van der Waals surface area (Å²) in [5.74, 6) is 0.791. The van der Waals surface area contributed by atoms with Crippen LogP contribution in [-0.4, -0.2) is 30.5 Å². The molecule has 0 bridgehead atoms. The zero-order valence-corrected chi connectivity index (χ0v) is 13.4. The molecule has 0 radical (unpaired) electrons. The summed E-state index contributed by atoms with van der Waals surface area (Å²) in [5, 5.41) is 3.02. The average molecular weight is 309 g/mol. The molecular weight excluding hydrogens is 286 g/mol. The molecule has 1 aromatic heterocycles. The zero-order chi connectivity index (χ0) is 15.9. The van der Waals surface area contributed by atoms with Gasteiger partial charge in [0.1, 0.15) is 5.82 Å². The summed E-state index contributed by atoms with van der Waals surface area (Å²) in [6.07, 6.45) is 6.22. The van der Waals surface area contributed by atoms with Gasteiger partial charge < -0.3 is 10.2 Å². The second-order valence-corrected chi connectivity index (χ2v) is 5.91. The number of nitrogens with one attached hydrogen (secondary N) is 1. The van der Waals surface area contributed by atoms with Gasteiger partial charge in [0.15, 0.2) is 0 Å². The maximum atomic E-state index is 12.5. The molecule has 4 nitrogen and oxygen atoms in total. The molecule has 120 valence electrons. The zero-order valence-electron chi connectivity index (χ0n) is 13.4. The van der Waals surface area contributed by atoms with Crippen molar-refractivity contribution in [3.8, 4) is 0 Å². The Morgan fingerprint density at radius 1 is 1.04 bits per heavy atom. The molecule has 1 amide bonds. The Kier molecular flexibility index (Phi) is 5.25. The van der Waals surface area contributed by atoms with Crippen LogP contribution in [0.3, 0.4) is 0 Å². The first-order valence-corrected chi connectivity index (χ1v) is 8.37. The van der Waals surface area contributed by atoms with Crippen molar-refractivity contribution in [1.82, 2.24) is 10.3 Å². The van der Waals surface area contributed by atoms with Gasteiger partial charge in [0.25, 0.3) is 5.91 Å². The summed E-state index contributed by atoms with van der Waals surface area (Å²) >= 11 is 0. The molecule has 0 spiro atoms. The minimum Gasteiger partial charge on any atom is -0.356 e. The second kappa shape index (κ2) is 7.77. The summed E-state index contributed by atoms with van der Waals surface area (Å²) in [6.45, 7) is 2.61. The molecule has 0 aliphatic carbocycles. The molecule has 0 atom stereocenters. The lowest BCUT2D eigenvalue weighted by Gasteiger charge is -2.29. The normalized spacial score (nSPS) is 14.5. The molecule has 0 unspecified atom stereocenters. The van der Waals surface area contributed by atoms with Crippen LogP contribution in [0.5, 0.6) is 0 Å². The SMILES string of the molecule is O=C(NCCc1ccccc1)c1cccnc1N1CCCCC1. The highest BCUT2D eigenvalue weighted by Crippen LogP contribution is 2.21. The summed E-state index contributed by atoms with van der Waals surface area (Å²) in [5.41, 5.74) is 1.91. The third-order valence-corrected chi connectivity index (χ3v) is 4.23. The number of benzene rings is 1. The van der Waals surface area contributed by atoms with Crippen molar-refractivity contribution in [2.24, 2.45) is 0 Å². The number of nitrogens with zero attached hydrogens (tertiary/aromatic N) is 2. The van der Waals surface area contributed by atoms with Gasteiger partial charge in [-0.15, -0.1) is 0 Å². The number of aromatic nitrogens is 1. The van der Waals surface area contributed by atoms with Gasteiger partial charge in [0, 0.05) is 25.8 Å². The Labute approximate surface area is 137 Å². The van der Waals surface area contributed by atoms with Crippen molar-refractivity contribution in [2.45, 2.75) is 25.7 Å². The van der Waals surface area contributed by atoms with E-state index in [-0.39, 0.29) is 5.91 Å². The monoisotopic (exact) mass is 309 g/mol. The van der Waals surface area contributed by atoms with E-state index in [1.165, 1.54) is 24.8 Å². The summed E-state index contributed by atoms with van der Waals surface area (Å²) in [6, 6.07) is 13.9. The van der Waals surface area contributed by atoms with Gasteiger partial charge in [-0.1, -0.05) is 30.3 Å². The van der Waals surface area contributed by atoms with E-state index in [4.69, 9.17) is 0 Å². The van der Waals surface area contributed by atoms with Gasteiger partial charge in [-0.25, -0.2) is 4.98 Å². The number of carbonyl (C=O) groups excluding carboxylic acids is 1. The van der Waals surface area contributed by atoms with E-state index in [1.54, 1.807) is 6.20 Å². The molecule has 1 aliphatic heterocycles. The van der Waals surface area contributed by atoms with E-state index in [0.29, 0.717) is 12.1 Å². The van der Waals surface area contributed by atoms with Crippen molar-refractivity contribution in [3.63, 3.8) is 0 Å². The number of hydrogen-bond acceptors (Lipinski definition) is 3. The maximum Gasteiger partial charge on any atom is 0.255 e. The van der Waals surface area contributed by atoms with Crippen molar-refractivity contribution in [2.75, 3.05) is 24.5 Å². The minimum atomic E-state index is -0.0328. The molecule has 3 rings (SSSR count). The topological polar surface area (TPSA) is 45.2 Å². The fourth-order valence-corrected chi connectivity index (χ4v) is 2.99. The molecule has 0 saturated carbocycles. The second-order valence-electron chi connectivity index (χ2n) is 5.91. The Bertz CT molecular complexity index is 636. The van der Waals surface area contributed by atoms with E-state index < -0.39 is 0 Å². The van der Waals surface area contributed by atoms with Gasteiger partial charge in [-0.05, 0) is 43.4 Å². The molecule has 1 aliphatic rings. The number of hydrogen-bond donors (Lipinski definition) is 1. The van der Waals surface area contributed by atoms with Crippen molar-refractivity contribution >= 4 is 11.7 Å². The lowest BCUT2D eigenvalue weighted by molar-refractivity contribution is 0.0954. The highest BCUT2D eigenvalue weighted by molar-refractivity contribution is 5.98. The fraction of sp³-hybridized carbons (Fsp3) is 0.368. The number of carbonyl (C=O) groups is 1. The molecule has 23 heavy (non-hydrogen) atoms. The van der Waals surface area contributed by atoms with Crippen LogP contribution in [0.1, 0.15) is 35.2 Å². The first-order valence-electron chi connectivity index (χ1n) is 8.37. The highest BCUT2D eigenvalue weighted by Gasteiger charge is 2.19. The van der Waals surface area contributed by atoms with Gasteiger partial charge in [-0.2, -0.15) is 0 Å². The Balaban J connectivity index is 1.62. The van der Waals surface area contributed by atoms with Crippen LogP contribution in [0.15, 0.2) is 48.7 Å². The van der Waals surface area contributed by atoms with E-state index in [1.807, 2.05) is 30.3 Å². The predicted octanol–water partition coefficient (Wildman–Crippen LogP) is 3.04. The smallest absolute Gasteiger partial charge is 0.255 e. The third kappa shape index (κ3) is 4.09. The molecular formula is C19H23N3O. The lowest BCUT2D eigenvalue weighted by atomic mass is 10.1. The maximum absolute atomic E-state index is 12.5. The third-order valence-electron chi connectivity index (χ3n) is 4.23. The summed E-state index contributed by atoms with van der Waals surface area (Å²) in [7, 11) is 0. The number of anilines is 1. The Morgan fingerprint density at radius 2 is 1.83 bits per heavy atom. The molecule has 1 aromatic carbocycles. The van der Waals surface area contributed by atoms with E-state index in [9.17, 15) is 4.79 Å². The van der Waals surface area contributed by atoms with Gasteiger partial charge in [-0.3, -0.25) is 4.79 Å². The van der Waals surface area contributed by atoms with Crippen molar-refractivity contribution in [3.05, 3.63) is 59.8 Å². The molecule has 1 fully saturated rings. The van der Waals surface area contributed by atoms with Crippen LogP contribution in [-0.2, 0) is 6.42 Å². The van der Waals surface area contributed by atoms with Crippen LogP contribution in [0.25, 0.3) is 0 Å². The van der Waals surface area contributed by atoms with Gasteiger partial charge in [0.2, 0.25) is 0 Å². The van der Waals surface area contributed by atoms with Crippen LogP contribution in [0, 0.1) is 0 Å². The minimum absolute atomic E-state index is 0.0328. The van der Waals surface area contributed by atoms with Gasteiger partial charge >= 0.3 is 0 Å². The molecule has 2 aromatic rings. The predicted molar refractivity (Wildman–Crippen MR) is 92.8 cm³/mol. The number of pyridine rings is 1. The molecule has 2 heterocycles. The lowest BCUT2D eigenvalue weighted by Crippen LogP contribution is -2.34. The van der Waals surface area contributed by atoms with E-state index in [0.717, 1.165) is 25.3 Å². The Morgan fingerprint density at radius 3 is 2.61 bits per heavy atom. The van der Waals surface area contributed by atoms with E-state index in [2.05, 4.69) is 27.3 Å². The first-order chi connectivity index (χ1) is 11.3. The average Bonchev–Trinajstić information content (AvgIpc) is 2.63. The van der Waals surface area contributed by atoms with Crippen molar-refractivity contribution < 1.29 is 4.79 Å². The number of rotatable bonds is 5. The quantitative estimate of drug-likeness (QED) is 0.923. The number of piperidine rings is 1. The van der Waals surface area contributed by atoms with Crippen LogP contribution < -0.4 is 10.2 Å². The highest BCUT2D eigenvalue weighted by atomic mass is 16.1. The first kappa shape index (κ1) is 15.5. The van der Waals surface area contributed by atoms with Crippen LogP contribution in [0.2, 0.25) is 0 Å². The largest absolute Gasteiger partial charge is 0.356 e. The standard InChI is InChI=1S/C19H23N3O/c23-19(21-13-11-16-8-3-1-4-9-16)17-10-7-12-20-18(17)22-14-5-2-6-15-22/h1,3-4,7-10,12H,2,5-6,11,13-15H2,(H,21,23). The molecule has 4 heteroatoms. The fourth-order valence-electron chi connectivity index (χ4n) is 2.99. The summed E-state index contributed by atoms with van der Waals surface area (Å²) in [4.78, 5) is 19.2. The molecule has 1 saturated heterocycles. The van der Waals surface area contributed by atoms with Gasteiger partial charge in [0.05, 0.1) is 5.56 Å².